The van der Waals surface area contributed by atoms with E-state index in [1.54, 1.807) is 24.0 Å². The number of aryl methyl sites for hydroxylation is 1. The van der Waals surface area contributed by atoms with E-state index in [1.807, 2.05) is 27.7 Å². The zero-order chi connectivity index (χ0) is 14.7. The van der Waals surface area contributed by atoms with Gasteiger partial charge in [-0.1, -0.05) is 6.07 Å². The average molecular weight is 264 g/mol. The van der Waals surface area contributed by atoms with Crippen LogP contribution in [0.4, 0.5) is 5.69 Å². The Balaban J connectivity index is 3.19. The third-order valence-electron chi connectivity index (χ3n) is 3.00. The lowest BCUT2D eigenvalue weighted by Gasteiger charge is -2.30. The highest BCUT2D eigenvalue weighted by atomic mass is 16.6. The summed E-state index contributed by atoms with van der Waals surface area (Å²) in [5.41, 5.74) is 0.903. The summed E-state index contributed by atoms with van der Waals surface area (Å²) in [6, 6.07) is 4.71. The zero-order valence-electron chi connectivity index (χ0n) is 12.0. The number of carbonyl (C=O) groups excluding carboxylic acids is 1. The maximum atomic E-state index is 12.4. The molecule has 19 heavy (non-hydrogen) atoms. The van der Waals surface area contributed by atoms with Crippen LogP contribution in [-0.4, -0.2) is 27.8 Å². The second-order valence-electron chi connectivity index (χ2n) is 5.16. The van der Waals surface area contributed by atoms with Crippen molar-refractivity contribution in [2.45, 2.75) is 46.7 Å². The molecule has 0 N–H and O–H groups in total. The van der Waals surface area contributed by atoms with Crippen molar-refractivity contribution >= 4 is 11.6 Å². The van der Waals surface area contributed by atoms with Gasteiger partial charge in [0.05, 0.1) is 4.92 Å². The molecular formula is C14H20N2O3. The number of carbonyl (C=O) groups is 1. The largest absolute Gasteiger partial charge is 0.334 e. The molecule has 0 aliphatic heterocycles. The van der Waals surface area contributed by atoms with Gasteiger partial charge in [0, 0.05) is 29.3 Å². The molecule has 5 nitrogen and oxygen atoms in total. The molecule has 0 saturated heterocycles. The first-order valence-electron chi connectivity index (χ1n) is 6.33. The number of nitro benzene ring substituents is 1. The zero-order valence-corrected chi connectivity index (χ0v) is 12.0. The first-order chi connectivity index (χ1) is 8.75. The summed E-state index contributed by atoms with van der Waals surface area (Å²) in [7, 11) is 0. The minimum atomic E-state index is -0.457. The van der Waals surface area contributed by atoms with Crippen LogP contribution in [-0.2, 0) is 0 Å². The van der Waals surface area contributed by atoms with Gasteiger partial charge in [-0.05, 0) is 40.7 Å². The SMILES string of the molecule is Cc1ccc(C(=O)N(C(C)C)C(C)C)cc1[N+](=O)[O-]. The summed E-state index contributed by atoms with van der Waals surface area (Å²) in [5.74, 6) is -0.173. The number of hydrogen-bond donors (Lipinski definition) is 0. The van der Waals surface area contributed by atoms with Crippen molar-refractivity contribution in [3.05, 3.63) is 39.4 Å². The van der Waals surface area contributed by atoms with E-state index in [4.69, 9.17) is 0 Å². The first-order valence-corrected chi connectivity index (χ1v) is 6.33. The Bertz CT molecular complexity index is 487. The van der Waals surface area contributed by atoms with Crippen molar-refractivity contribution in [1.29, 1.82) is 0 Å². The molecule has 0 atom stereocenters. The van der Waals surface area contributed by atoms with Crippen LogP contribution in [0.3, 0.4) is 0 Å². The van der Waals surface area contributed by atoms with Gasteiger partial charge in [0.25, 0.3) is 11.6 Å². The summed E-state index contributed by atoms with van der Waals surface area (Å²) in [6.07, 6.45) is 0. The molecule has 5 heteroatoms. The number of nitrogens with zero attached hydrogens (tertiary/aromatic N) is 2. The highest BCUT2D eigenvalue weighted by Gasteiger charge is 2.23. The third-order valence-corrected chi connectivity index (χ3v) is 3.00. The topological polar surface area (TPSA) is 63.5 Å². The fraction of sp³-hybridized carbons (Fsp3) is 0.500. The second kappa shape index (κ2) is 5.82. The summed E-state index contributed by atoms with van der Waals surface area (Å²) in [4.78, 5) is 24.6. The number of hydrogen-bond acceptors (Lipinski definition) is 3. The molecule has 0 unspecified atom stereocenters. The van der Waals surface area contributed by atoms with Crippen molar-refractivity contribution < 1.29 is 9.72 Å². The second-order valence-corrected chi connectivity index (χ2v) is 5.16. The van der Waals surface area contributed by atoms with Gasteiger partial charge >= 0.3 is 0 Å². The Morgan fingerprint density at radius 2 is 1.74 bits per heavy atom. The number of amides is 1. The van der Waals surface area contributed by atoms with Crippen molar-refractivity contribution in [2.24, 2.45) is 0 Å². The molecule has 0 saturated carbocycles. The molecule has 0 aliphatic carbocycles. The van der Waals surface area contributed by atoms with Gasteiger partial charge < -0.3 is 4.90 Å². The van der Waals surface area contributed by atoms with Gasteiger partial charge in [-0.2, -0.15) is 0 Å². The van der Waals surface area contributed by atoms with Gasteiger partial charge in [-0.3, -0.25) is 14.9 Å². The molecule has 0 bridgehead atoms. The van der Waals surface area contributed by atoms with Gasteiger partial charge in [0.15, 0.2) is 0 Å². The van der Waals surface area contributed by atoms with E-state index in [1.165, 1.54) is 6.07 Å². The molecule has 0 aromatic heterocycles. The van der Waals surface area contributed by atoms with Gasteiger partial charge in [-0.25, -0.2) is 0 Å². The quantitative estimate of drug-likeness (QED) is 0.619. The van der Waals surface area contributed by atoms with E-state index in [9.17, 15) is 14.9 Å². The van der Waals surface area contributed by atoms with Crippen LogP contribution >= 0.6 is 0 Å². The Labute approximate surface area is 113 Å². The molecule has 0 spiro atoms. The predicted octanol–water partition coefficient (Wildman–Crippen LogP) is 3.16. The van der Waals surface area contributed by atoms with Crippen LogP contribution in [0, 0.1) is 17.0 Å². The molecular weight excluding hydrogens is 244 g/mol. The van der Waals surface area contributed by atoms with Crippen LogP contribution in [0.2, 0.25) is 0 Å². The normalized spacial score (nSPS) is 10.9. The van der Waals surface area contributed by atoms with Crippen LogP contribution in [0.25, 0.3) is 0 Å². The lowest BCUT2D eigenvalue weighted by molar-refractivity contribution is -0.385. The highest BCUT2D eigenvalue weighted by Crippen LogP contribution is 2.21. The van der Waals surface area contributed by atoms with E-state index < -0.39 is 4.92 Å². The number of rotatable bonds is 4. The van der Waals surface area contributed by atoms with Crippen molar-refractivity contribution in [2.75, 3.05) is 0 Å². The van der Waals surface area contributed by atoms with Gasteiger partial charge in [0.2, 0.25) is 0 Å². The monoisotopic (exact) mass is 264 g/mol. The van der Waals surface area contributed by atoms with E-state index in [2.05, 4.69) is 0 Å². The standard InChI is InChI=1S/C14H20N2O3/c1-9(2)15(10(3)4)14(17)12-7-6-11(5)13(8-12)16(18)19/h6-10H,1-5H3. The van der Waals surface area contributed by atoms with E-state index in [0.717, 1.165) is 0 Å². The lowest BCUT2D eigenvalue weighted by atomic mass is 10.1. The van der Waals surface area contributed by atoms with Crippen LogP contribution in [0.15, 0.2) is 18.2 Å². The van der Waals surface area contributed by atoms with Crippen molar-refractivity contribution in [3.8, 4) is 0 Å². The Morgan fingerprint density at radius 1 is 1.21 bits per heavy atom. The maximum absolute atomic E-state index is 12.4. The fourth-order valence-corrected chi connectivity index (χ4v) is 2.15. The number of nitro groups is 1. The van der Waals surface area contributed by atoms with Crippen molar-refractivity contribution in [3.63, 3.8) is 0 Å². The van der Waals surface area contributed by atoms with Gasteiger partial charge in [-0.15, -0.1) is 0 Å². The molecule has 1 aromatic rings. The summed E-state index contributed by atoms with van der Waals surface area (Å²) < 4.78 is 0. The number of benzene rings is 1. The Morgan fingerprint density at radius 3 is 2.16 bits per heavy atom. The van der Waals surface area contributed by atoms with Crippen LogP contribution in [0.1, 0.15) is 43.6 Å². The molecule has 0 fully saturated rings. The summed E-state index contributed by atoms with van der Waals surface area (Å²) in [5, 5.41) is 10.9. The van der Waals surface area contributed by atoms with Crippen LogP contribution < -0.4 is 0 Å². The van der Waals surface area contributed by atoms with Gasteiger partial charge in [0.1, 0.15) is 0 Å². The van der Waals surface area contributed by atoms with E-state index in [-0.39, 0.29) is 23.7 Å². The minimum Gasteiger partial charge on any atom is -0.334 e. The molecule has 1 amide bonds. The highest BCUT2D eigenvalue weighted by molar-refractivity contribution is 5.95. The smallest absolute Gasteiger partial charge is 0.273 e. The maximum Gasteiger partial charge on any atom is 0.273 e. The third kappa shape index (κ3) is 3.30. The molecule has 0 heterocycles. The first kappa shape index (κ1) is 15.1. The van der Waals surface area contributed by atoms with Crippen molar-refractivity contribution in [1.82, 2.24) is 4.90 Å². The molecule has 0 aliphatic rings. The average Bonchev–Trinajstić information content (AvgIpc) is 2.27. The predicted molar refractivity (Wildman–Crippen MR) is 74.3 cm³/mol. The summed E-state index contributed by atoms with van der Waals surface area (Å²) >= 11 is 0. The lowest BCUT2D eigenvalue weighted by Crippen LogP contribution is -2.42. The molecule has 104 valence electrons. The Kier molecular flexibility index (Phi) is 4.64. The van der Waals surface area contributed by atoms with E-state index >= 15 is 0 Å². The van der Waals surface area contributed by atoms with Crippen LogP contribution in [0.5, 0.6) is 0 Å². The molecule has 0 radical (unpaired) electrons. The minimum absolute atomic E-state index is 0.0155. The molecule has 1 aromatic carbocycles. The Hall–Kier alpha value is -1.91. The van der Waals surface area contributed by atoms with E-state index in [0.29, 0.717) is 11.1 Å². The summed E-state index contributed by atoms with van der Waals surface area (Å²) in [6.45, 7) is 9.39. The molecule has 1 rings (SSSR count). The fourth-order valence-electron chi connectivity index (χ4n) is 2.15.